The van der Waals surface area contributed by atoms with Gasteiger partial charge in [0, 0.05) is 31.1 Å². The van der Waals surface area contributed by atoms with E-state index in [1.54, 1.807) is 11.3 Å². The molecular formula is C19H24N2O3S. The molecule has 1 aromatic carbocycles. The average Bonchev–Trinajstić information content (AvgIpc) is 3.21. The van der Waals surface area contributed by atoms with E-state index in [1.807, 2.05) is 17.5 Å². The number of rotatable bonds is 4. The summed E-state index contributed by atoms with van der Waals surface area (Å²) in [4.78, 5) is 3.20. The maximum absolute atomic E-state index is 10.6. The van der Waals surface area contributed by atoms with Gasteiger partial charge in [0.05, 0.1) is 29.5 Å². The highest BCUT2D eigenvalue weighted by Crippen LogP contribution is 2.42. The first-order valence-corrected chi connectivity index (χ1v) is 9.56. The predicted octanol–water partition coefficient (Wildman–Crippen LogP) is 3.40. The lowest BCUT2D eigenvalue weighted by molar-refractivity contribution is 0.122. The number of aliphatic hydroxyl groups is 1. The molecule has 5 nitrogen and oxygen atoms in total. The smallest absolute Gasteiger partial charge is 0.160 e. The fraction of sp³-hybridized carbons (Fsp3) is 0.474. The molecule has 1 saturated heterocycles. The van der Waals surface area contributed by atoms with Crippen LogP contribution in [0.15, 0.2) is 29.6 Å². The van der Waals surface area contributed by atoms with Crippen LogP contribution in [-0.4, -0.2) is 37.0 Å². The third-order valence-electron chi connectivity index (χ3n) is 4.64. The number of nitrogens with one attached hydrogen (secondary N) is 1. The number of anilines is 2. The minimum Gasteiger partial charge on any atom is -0.487 e. The summed E-state index contributed by atoms with van der Waals surface area (Å²) in [6, 6.07) is 8.13. The fourth-order valence-corrected chi connectivity index (χ4v) is 4.15. The Labute approximate surface area is 152 Å². The molecule has 2 aliphatic rings. The molecule has 0 aliphatic carbocycles. The molecule has 0 spiro atoms. The van der Waals surface area contributed by atoms with Gasteiger partial charge in [-0.2, -0.15) is 0 Å². The third kappa shape index (κ3) is 3.47. The Kier molecular flexibility index (Phi) is 4.35. The van der Waals surface area contributed by atoms with Crippen LogP contribution in [0.4, 0.5) is 11.4 Å². The van der Waals surface area contributed by atoms with Crippen molar-refractivity contribution >= 4 is 22.7 Å². The normalized spacial score (nSPS) is 20.0. The lowest BCUT2D eigenvalue weighted by Crippen LogP contribution is -2.36. The van der Waals surface area contributed by atoms with Gasteiger partial charge in [-0.25, -0.2) is 0 Å². The first-order valence-electron chi connectivity index (χ1n) is 8.68. The minimum atomic E-state index is -0.715. The summed E-state index contributed by atoms with van der Waals surface area (Å²) in [6.07, 6.45) is 0.156. The first-order chi connectivity index (χ1) is 12.0. The lowest BCUT2D eigenvalue weighted by atomic mass is 10.0. The highest BCUT2D eigenvalue weighted by Gasteiger charge is 2.32. The van der Waals surface area contributed by atoms with Crippen molar-refractivity contribution in [1.29, 1.82) is 0 Å². The van der Waals surface area contributed by atoms with E-state index in [0.717, 1.165) is 54.7 Å². The lowest BCUT2D eigenvalue weighted by Gasteiger charge is -2.31. The molecular weight excluding hydrogens is 336 g/mol. The van der Waals surface area contributed by atoms with Gasteiger partial charge < -0.3 is 24.8 Å². The quantitative estimate of drug-likeness (QED) is 0.819. The van der Waals surface area contributed by atoms with Gasteiger partial charge in [-0.3, -0.25) is 0 Å². The van der Waals surface area contributed by atoms with E-state index in [-0.39, 0.29) is 5.60 Å². The largest absolute Gasteiger partial charge is 0.487 e. The monoisotopic (exact) mass is 360 g/mol. The molecule has 1 fully saturated rings. The van der Waals surface area contributed by atoms with Gasteiger partial charge in [0.25, 0.3) is 0 Å². The van der Waals surface area contributed by atoms with Crippen LogP contribution in [0.1, 0.15) is 30.5 Å². The van der Waals surface area contributed by atoms with Crippen LogP contribution >= 0.6 is 11.3 Å². The number of thiophene rings is 1. The van der Waals surface area contributed by atoms with Crippen LogP contribution < -0.4 is 15.0 Å². The van der Waals surface area contributed by atoms with E-state index in [4.69, 9.17) is 9.47 Å². The summed E-state index contributed by atoms with van der Waals surface area (Å²) >= 11 is 1.55. The SMILES string of the molecule is CC1(C)Cc2cc(NC(O)c3cccs3)c(N3CCOCC3)cc2O1. The molecule has 3 heterocycles. The second-order valence-electron chi connectivity index (χ2n) is 7.18. The summed E-state index contributed by atoms with van der Waals surface area (Å²) in [5.41, 5.74) is 3.01. The van der Waals surface area contributed by atoms with E-state index in [2.05, 4.69) is 36.2 Å². The number of ether oxygens (including phenoxy) is 2. The van der Waals surface area contributed by atoms with Crippen LogP contribution in [0, 0.1) is 0 Å². The Hall–Kier alpha value is -1.76. The number of aliphatic hydroxyl groups excluding tert-OH is 1. The van der Waals surface area contributed by atoms with Gasteiger partial charge in [-0.15, -0.1) is 11.3 Å². The Bertz CT molecular complexity index is 739. The zero-order chi connectivity index (χ0) is 17.4. The van der Waals surface area contributed by atoms with E-state index in [0.29, 0.717) is 0 Å². The highest BCUT2D eigenvalue weighted by molar-refractivity contribution is 7.10. The van der Waals surface area contributed by atoms with Gasteiger partial charge in [-0.1, -0.05) is 6.07 Å². The summed E-state index contributed by atoms with van der Waals surface area (Å²) < 4.78 is 11.6. The van der Waals surface area contributed by atoms with Crippen LogP contribution in [0.25, 0.3) is 0 Å². The first kappa shape index (κ1) is 16.7. The fourth-order valence-electron chi connectivity index (χ4n) is 3.49. The van der Waals surface area contributed by atoms with Crippen molar-refractivity contribution in [3.05, 3.63) is 40.1 Å². The van der Waals surface area contributed by atoms with Gasteiger partial charge in [0.15, 0.2) is 6.23 Å². The highest BCUT2D eigenvalue weighted by atomic mass is 32.1. The van der Waals surface area contributed by atoms with Crippen LogP contribution in [0.2, 0.25) is 0 Å². The molecule has 0 amide bonds. The Balaban J connectivity index is 1.68. The maximum atomic E-state index is 10.6. The molecule has 1 unspecified atom stereocenters. The summed E-state index contributed by atoms with van der Waals surface area (Å²) in [6.45, 7) is 7.33. The van der Waals surface area contributed by atoms with E-state index < -0.39 is 6.23 Å². The van der Waals surface area contributed by atoms with E-state index in [9.17, 15) is 5.11 Å². The minimum absolute atomic E-state index is 0.185. The predicted molar refractivity (Wildman–Crippen MR) is 101 cm³/mol. The second-order valence-corrected chi connectivity index (χ2v) is 8.16. The third-order valence-corrected chi connectivity index (χ3v) is 5.56. The zero-order valence-corrected chi connectivity index (χ0v) is 15.4. The van der Waals surface area contributed by atoms with Crippen molar-refractivity contribution < 1.29 is 14.6 Å². The molecule has 0 radical (unpaired) electrons. The molecule has 134 valence electrons. The Morgan fingerprint density at radius 3 is 2.80 bits per heavy atom. The van der Waals surface area contributed by atoms with Crippen molar-refractivity contribution in [2.24, 2.45) is 0 Å². The number of hydrogen-bond donors (Lipinski definition) is 2. The molecule has 1 aromatic heterocycles. The molecule has 2 N–H and O–H groups in total. The molecule has 25 heavy (non-hydrogen) atoms. The summed E-state index contributed by atoms with van der Waals surface area (Å²) in [5, 5.41) is 15.8. The number of hydrogen-bond acceptors (Lipinski definition) is 6. The summed E-state index contributed by atoms with van der Waals surface area (Å²) in [5.74, 6) is 0.947. The Morgan fingerprint density at radius 1 is 1.28 bits per heavy atom. The molecule has 1 atom stereocenters. The molecule has 0 bridgehead atoms. The number of benzene rings is 1. The van der Waals surface area contributed by atoms with E-state index >= 15 is 0 Å². The summed E-state index contributed by atoms with van der Waals surface area (Å²) in [7, 11) is 0. The van der Waals surface area contributed by atoms with Gasteiger partial charge in [0.2, 0.25) is 0 Å². The van der Waals surface area contributed by atoms with Crippen molar-refractivity contribution in [3.63, 3.8) is 0 Å². The molecule has 2 aliphatic heterocycles. The molecule has 2 aromatic rings. The van der Waals surface area contributed by atoms with E-state index in [1.165, 1.54) is 5.56 Å². The van der Waals surface area contributed by atoms with Crippen molar-refractivity contribution in [2.45, 2.75) is 32.1 Å². The maximum Gasteiger partial charge on any atom is 0.160 e. The average molecular weight is 360 g/mol. The zero-order valence-electron chi connectivity index (χ0n) is 14.6. The molecule has 6 heteroatoms. The van der Waals surface area contributed by atoms with Crippen molar-refractivity contribution in [3.8, 4) is 5.75 Å². The van der Waals surface area contributed by atoms with Gasteiger partial charge in [-0.05, 0) is 31.4 Å². The number of morpholine rings is 1. The van der Waals surface area contributed by atoms with Gasteiger partial charge >= 0.3 is 0 Å². The molecule has 0 saturated carbocycles. The number of fused-ring (bicyclic) bond motifs is 1. The van der Waals surface area contributed by atoms with Crippen molar-refractivity contribution in [1.82, 2.24) is 0 Å². The van der Waals surface area contributed by atoms with Crippen LogP contribution in [0.5, 0.6) is 5.75 Å². The second kappa shape index (κ2) is 6.52. The standard InChI is InChI=1S/C19H24N2O3S/c1-19(2)12-13-10-14(20-18(22)17-4-3-9-25-17)15(11-16(13)24-19)21-5-7-23-8-6-21/h3-4,9-11,18,20,22H,5-8,12H2,1-2H3. The Morgan fingerprint density at radius 2 is 2.08 bits per heavy atom. The van der Waals surface area contributed by atoms with Gasteiger partial charge in [0.1, 0.15) is 11.4 Å². The van der Waals surface area contributed by atoms with Crippen LogP contribution in [0.3, 0.4) is 0 Å². The van der Waals surface area contributed by atoms with Crippen molar-refractivity contribution in [2.75, 3.05) is 36.5 Å². The topological polar surface area (TPSA) is 54.0 Å². The van der Waals surface area contributed by atoms with Crippen LogP contribution in [-0.2, 0) is 11.2 Å². The number of nitrogens with zero attached hydrogens (tertiary/aromatic N) is 1. The molecule has 4 rings (SSSR count).